The maximum Gasteiger partial charge on any atom is 0.229 e. The number of hydrogen-bond donors (Lipinski definition) is 1. The van der Waals surface area contributed by atoms with Gasteiger partial charge in [-0.25, -0.2) is 14.6 Å². The molecule has 4 aromatic rings. The highest BCUT2D eigenvalue weighted by molar-refractivity contribution is 5.94. The van der Waals surface area contributed by atoms with E-state index >= 15 is 0 Å². The summed E-state index contributed by atoms with van der Waals surface area (Å²) in [6.07, 6.45) is 5.05. The number of nitrogens with zero attached hydrogens (tertiary/aromatic N) is 6. The summed E-state index contributed by atoms with van der Waals surface area (Å²) in [5.41, 5.74) is 3.60. The number of fused-ring (bicyclic) bond motifs is 1. The lowest BCUT2D eigenvalue weighted by Gasteiger charge is -2.32. The summed E-state index contributed by atoms with van der Waals surface area (Å²) < 4.78 is 1.82. The first-order valence-electron chi connectivity index (χ1n) is 10.8. The fraction of sp³-hybridized carbons (Fsp3) is 0.292. The third-order valence-electron chi connectivity index (χ3n) is 5.84. The van der Waals surface area contributed by atoms with Crippen molar-refractivity contribution in [1.29, 1.82) is 0 Å². The van der Waals surface area contributed by atoms with E-state index in [1.54, 1.807) is 12.5 Å². The molecule has 1 saturated heterocycles. The van der Waals surface area contributed by atoms with Crippen LogP contribution in [0, 0.1) is 19.8 Å². The van der Waals surface area contributed by atoms with Gasteiger partial charge >= 0.3 is 0 Å². The molecule has 0 radical (unpaired) electrons. The molecule has 1 unspecified atom stereocenters. The number of para-hydroxylation sites is 1. The highest BCUT2D eigenvalue weighted by Crippen LogP contribution is 2.24. The SMILES string of the molecule is Cc1cc(C)n(-c2cc(N3CCCC(C(=O)Nc4cnc5ccccc5c4)C3)ncn2)n1. The molecule has 4 heterocycles. The number of aryl methyl sites for hydroxylation is 2. The van der Waals surface area contributed by atoms with E-state index in [1.807, 2.05) is 61.0 Å². The van der Waals surface area contributed by atoms with Gasteiger partial charge in [-0.05, 0) is 44.9 Å². The lowest BCUT2D eigenvalue weighted by Crippen LogP contribution is -2.41. The minimum absolute atomic E-state index is 0.0135. The van der Waals surface area contributed by atoms with Crippen LogP contribution in [0.25, 0.3) is 16.7 Å². The summed E-state index contributed by atoms with van der Waals surface area (Å²) >= 11 is 0. The van der Waals surface area contributed by atoms with E-state index in [0.29, 0.717) is 6.54 Å². The van der Waals surface area contributed by atoms with E-state index in [-0.39, 0.29) is 11.8 Å². The summed E-state index contributed by atoms with van der Waals surface area (Å²) in [6.45, 7) is 5.44. The normalized spacial score (nSPS) is 16.3. The molecular formula is C24H25N7O. The lowest BCUT2D eigenvalue weighted by molar-refractivity contribution is -0.120. The van der Waals surface area contributed by atoms with E-state index in [0.717, 1.165) is 59.0 Å². The monoisotopic (exact) mass is 427 g/mol. The average Bonchev–Trinajstić information content (AvgIpc) is 3.17. The number of carbonyl (C=O) groups excluding carboxylic acids is 1. The van der Waals surface area contributed by atoms with Crippen LogP contribution in [0.4, 0.5) is 11.5 Å². The first-order chi connectivity index (χ1) is 15.6. The molecule has 162 valence electrons. The van der Waals surface area contributed by atoms with Crippen LogP contribution in [0.5, 0.6) is 0 Å². The zero-order valence-corrected chi connectivity index (χ0v) is 18.2. The van der Waals surface area contributed by atoms with Crippen LogP contribution >= 0.6 is 0 Å². The van der Waals surface area contributed by atoms with Gasteiger partial charge in [0.1, 0.15) is 12.1 Å². The fourth-order valence-corrected chi connectivity index (χ4v) is 4.27. The fourth-order valence-electron chi connectivity index (χ4n) is 4.27. The topological polar surface area (TPSA) is 88.8 Å². The van der Waals surface area contributed by atoms with Crippen LogP contribution in [0.3, 0.4) is 0 Å². The Kier molecular flexibility index (Phi) is 5.26. The molecule has 0 spiro atoms. The predicted octanol–water partition coefficient (Wildman–Crippen LogP) is 3.68. The highest BCUT2D eigenvalue weighted by atomic mass is 16.1. The molecule has 1 fully saturated rings. The number of nitrogens with one attached hydrogen (secondary N) is 1. The molecule has 1 aliphatic rings. The second kappa shape index (κ2) is 8.37. The van der Waals surface area contributed by atoms with Crippen molar-refractivity contribution in [2.75, 3.05) is 23.3 Å². The molecule has 0 aliphatic carbocycles. The third-order valence-corrected chi connectivity index (χ3v) is 5.84. The van der Waals surface area contributed by atoms with E-state index < -0.39 is 0 Å². The van der Waals surface area contributed by atoms with Crippen molar-refractivity contribution in [2.24, 2.45) is 5.92 Å². The molecule has 1 aromatic carbocycles. The van der Waals surface area contributed by atoms with Gasteiger partial charge in [-0.15, -0.1) is 0 Å². The molecule has 1 atom stereocenters. The minimum Gasteiger partial charge on any atom is -0.356 e. The zero-order valence-electron chi connectivity index (χ0n) is 18.2. The summed E-state index contributed by atoms with van der Waals surface area (Å²) in [5, 5.41) is 8.57. The van der Waals surface area contributed by atoms with Gasteiger partial charge in [0.2, 0.25) is 5.91 Å². The summed E-state index contributed by atoms with van der Waals surface area (Å²) in [7, 11) is 0. The molecule has 1 amide bonds. The Morgan fingerprint density at radius 3 is 2.75 bits per heavy atom. The first kappa shape index (κ1) is 20.1. The zero-order chi connectivity index (χ0) is 22.1. The van der Waals surface area contributed by atoms with Gasteiger partial charge in [0.25, 0.3) is 0 Å². The van der Waals surface area contributed by atoms with E-state index in [2.05, 4.69) is 30.3 Å². The Labute approximate surface area is 186 Å². The number of carbonyl (C=O) groups is 1. The van der Waals surface area contributed by atoms with Gasteiger partial charge in [-0.2, -0.15) is 5.10 Å². The second-order valence-electron chi connectivity index (χ2n) is 8.26. The molecule has 1 aliphatic heterocycles. The molecule has 1 N–H and O–H groups in total. The maximum absolute atomic E-state index is 13.0. The van der Waals surface area contributed by atoms with Gasteiger partial charge < -0.3 is 10.2 Å². The van der Waals surface area contributed by atoms with Crippen LogP contribution in [0.15, 0.2) is 55.0 Å². The molecule has 5 rings (SSSR count). The summed E-state index contributed by atoms with van der Waals surface area (Å²) in [5.74, 6) is 1.43. The molecule has 8 nitrogen and oxygen atoms in total. The van der Waals surface area contributed by atoms with Gasteiger partial charge in [-0.1, -0.05) is 18.2 Å². The van der Waals surface area contributed by atoms with Gasteiger partial charge in [0.15, 0.2) is 5.82 Å². The summed E-state index contributed by atoms with van der Waals surface area (Å²) in [4.78, 5) is 28.5. The van der Waals surface area contributed by atoms with E-state index in [9.17, 15) is 4.79 Å². The molecule has 0 bridgehead atoms. The van der Waals surface area contributed by atoms with Crippen LogP contribution in [-0.4, -0.2) is 43.7 Å². The van der Waals surface area contributed by atoms with Crippen molar-refractivity contribution in [3.05, 3.63) is 66.4 Å². The first-order valence-corrected chi connectivity index (χ1v) is 10.8. The van der Waals surface area contributed by atoms with Crippen molar-refractivity contribution in [2.45, 2.75) is 26.7 Å². The Hall–Kier alpha value is -3.81. The number of piperidine rings is 1. The quantitative estimate of drug-likeness (QED) is 0.534. The molecule has 32 heavy (non-hydrogen) atoms. The highest BCUT2D eigenvalue weighted by Gasteiger charge is 2.27. The van der Waals surface area contributed by atoms with Crippen LogP contribution in [-0.2, 0) is 4.79 Å². The van der Waals surface area contributed by atoms with Crippen LogP contribution in [0.1, 0.15) is 24.2 Å². The lowest BCUT2D eigenvalue weighted by atomic mass is 9.97. The molecular weight excluding hydrogens is 402 g/mol. The van der Waals surface area contributed by atoms with Crippen molar-refractivity contribution >= 4 is 28.3 Å². The number of hydrogen-bond acceptors (Lipinski definition) is 6. The number of rotatable bonds is 4. The Morgan fingerprint density at radius 1 is 1.06 bits per heavy atom. The van der Waals surface area contributed by atoms with Crippen molar-refractivity contribution in [1.82, 2.24) is 24.7 Å². The number of benzene rings is 1. The van der Waals surface area contributed by atoms with Crippen molar-refractivity contribution in [3.63, 3.8) is 0 Å². The van der Waals surface area contributed by atoms with E-state index in [1.165, 1.54) is 0 Å². The van der Waals surface area contributed by atoms with Crippen LogP contribution in [0.2, 0.25) is 0 Å². The van der Waals surface area contributed by atoms with E-state index in [4.69, 9.17) is 0 Å². The smallest absolute Gasteiger partial charge is 0.229 e. The summed E-state index contributed by atoms with van der Waals surface area (Å²) in [6, 6.07) is 13.8. The third kappa shape index (κ3) is 4.03. The number of pyridine rings is 1. The van der Waals surface area contributed by atoms with Crippen molar-refractivity contribution < 1.29 is 4.79 Å². The van der Waals surface area contributed by atoms with Crippen LogP contribution < -0.4 is 10.2 Å². The molecule has 8 heteroatoms. The Bertz CT molecular complexity index is 1280. The second-order valence-corrected chi connectivity index (χ2v) is 8.26. The molecule has 0 saturated carbocycles. The largest absolute Gasteiger partial charge is 0.356 e. The maximum atomic E-state index is 13.0. The number of anilines is 2. The average molecular weight is 428 g/mol. The number of amides is 1. The standard InChI is InChI=1S/C24H25N7O/c1-16-10-17(2)31(29-16)23-12-22(26-15-27-23)30-9-5-7-19(14-30)24(32)28-20-11-18-6-3-4-8-21(18)25-13-20/h3-4,6,8,10-13,15,19H,5,7,9,14H2,1-2H3,(H,28,32). The van der Waals surface area contributed by atoms with Crippen molar-refractivity contribution in [3.8, 4) is 5.82 Å². The Morgan fingerprint density at radius 2 is 1.91 bits per heavy atom. The van der Waals surface area contributed by atoms with Gasteiger partial charge in [0.05, 0.1) is 29.0 Å². The Balaban J connectivity index is 1.31. The predicted molar refractivity (Wildman–Crippen MR) is 124 cm³/mol. The van der Waals surface area contributed by atoms with Gasteiger partial charge in [-0.3, -0.25) is 9.78 Å². The number of aromatic nitrogens is 5. The molecule has 3 aromatic heterocycles. The minimum atomic E-state index is -0.123. The van der Waals surface area contributed by atoms with Gasteiger partial charge in [0, 0.05) is 30.2 Å².